The summed E-state index contributed by atoms with van der Waals surface area (Å²) in [5.74, 6) is 0.474. The number of carbonyl (C=O) groups is 1. The summed E-state index contributed by atoms with van der Waals surface area (Å²) >= 11 is 0. The molecule has 3 aliphatic rings. The van der Waals surface area contributed by atoms with Gasteiger partial charge in [0.15, 0.2) is 0 Å². The molecule has 4 unspecified atom stereocenters. The number of nitrogens with zero attached hydrogens (tertiary/aromatic N) is 2. The van der Waals surface area contributed by atoms with Crippen LogP contribution in [0.5, 0.6) is 0 Å². The SMILES string of the molecule is CC(C)CN1C2CCC1C1CCC2N1C(=O)c1ccc(F)cc1. The number of rotatable bonds is 3. The first-order valence-corrected chi connectivity index (χ1v) is 8.90. The summed E-state index contributed by atoms with van der Waals surface area (Å²) in [6.07, 6.45) is 4.66. The van der Waals surface area contributed by atoms with Crippen LogP contribution < -0.4 is 0 Å². The fraction of sp³-hybridized carbons (Fsp3) is 0.632. The van der Waals surface area contributed by atoms with Crippen LogP contribution in [-0.4, -0.2) is 46.4 Å². The van der Waals surface area contributed by atoms with Crippen molar-refractivity contribution in [3.05, 3.63) is 35.6 Å². The number of hydrogen-bond acceptors (Lipinski definition) is 2. The number of piperazine rings is 1. The Kier molecular flexibility index (Phi) is 3.67. The number of fused-ring (bicyclic) bond motifs is 6. The zero-order valence-corrected chi connectivity index (χ0v) is 13.9. The molecule has 0 spiro atoms. The highest BCUT2D eigenvalue weighted by molar-refractivity contribution is 5.95. The first kappa shape index (κ1) is 15.1. The highest BCUT2D eigenvalue weighted by Crippen LogP contribution is 2.46. The van der Waals surface area contributed by atoms with Crippen LogP contribution in [0.3, 0.4) is 0 Å². The Balaban J connectivity index is 1.60. The van der Waals surface area contributed by atoms with Crippen LogP contribution in [0, 0.1) is 11.7 Å². The molecule has 3 fully saturated rings. The van der Waals surface area contributed by atoms with Crippen molar-refractivity contribution in [2.45, 2.75) is 63.7 Å². The van der Waals surface area contributed by atoms with Crippen LogP contribution in [0.1, 0.15) is 49.9 Å². The summed E-state index contributed by atoms with van der Waals surface area (Å²) in [7, 11) is 0. The Labute approximate surface area is 137 Å². The van der Waals surface area contributed by atoms with Gasteiger partial charge in [-0.3, -0.25) is 9.69 Å². The molecular formula is C19H25FN2O. The van der Waals surface area contributed by atoms with Crippen LogP contribution in [0.25, 0.3) is 0 Å². The van der Waals surface area contributed by atoms with E-state index in [0.29, 0.717) is 35.6 Å². The molecule has 3 heterocycles. The molecule has 0 radical (unpaired) electrons. The van der Waals surface area contributed by atoms with E-state index in [4.69, 9.17) is 0 Å². The minimum atomic E-state index is -0.286. The van der Waals surface area contributed by atoms with E-state index in [1.807, 2.05) is 0 Å². The average molecular weight is 316 g/mol. The van der Waals surface area contributed by atoms with Gasteiger partial charge in [-0.15, -0.1) is 0 Å². The van der Waals surface area contributed by atoms with Crippen molar-refractivity contribution in [3.8, 4) is 0 Å². The van der Waals surface area contributed by atoms with Gasteiger partial charge < -0.3 is 4.90 Å². The highest BCUT2D eigenvalue weighted by Gasteiger charge is 2.56. The molecule has 1 aromatic rings. The van der Waals surface area contributed by atoms with E-state index in [1.165, 1.54) is 25.0 Å². The molecule has 0 saturated carbocycles. The summed E-state index contributed by atoms with van der Waals surface area (Å²) < 4.78 is 13.1. The highest BCUT2D eigenvalue weighted by atomic mass is 19.1. The normalized spacial score (nSPS) is 32.8. The van der Waals surface area contributed by atoms with Crippen LogP contribution in [-0.2, 0) is 0 Å². The maximum Gasteiger partial charge on any atom is 0.254 e. The van der Waals surface area contributed by atoms with Crippen molar-refractivity contribution < 1.29 is 9.18 Å². The van der Waals surface area contributed by atoms with Crippen LogP contribution in [0.2, 0.25) is 0 Å². The Morgan fingerprint density at radius 3 is 2.09 bits per heavy atom. The third-order valence-electron chi connectivity index (χ3n) is 5.87. The van der Waals surface area contributed by atoms with Crippen molar-refractivity contribution in [2.24, 2.45) is 5.92 Å². The summed E-state index contributed by atoms with van der Waals surface area (Å²) in [6.45, 7) is 5.69. The smallest absolute Gasteiger partial charge is 0.254 e. The summed E-state index contributed by atoms with van der Waals surface area (Å²) in [6, 6.07) is 7.75. The molecule has 3 nitrogen and oxygen atoms in total. The van der Waals surface area contributed by atoms with Crippen molar-refractivity contribution in [2.75, 3.05) is 6.54 Å². The minimum absolute atomic E-state index is 0.0959. The topological polar surface area (TPSA) is 23.6 Å². The van der Waals surface area contributed by atoms with Crippen LogP contribution in [0.4, 0.5) is 4.39 Å². The zero-order chi connectivity index (χ0) is 16.1. The molecule has 124 valence electrons. The zero-order valence-electron chi connectivity index (χ0n) is 13.9. The van der Waals surface area contributed by atoms with Gasteiger partial charge in [-0.25, -0.2) is 4.39 Å². The van der Waals surface area contributed by atoms with Gasteiger partial charge in [0, 0.05) is 36.3 Å². The largest absolute Gasteiger partial charge is 0.330 e. The molecule has 0 aromatic heterocycles. The summed E-state index contributed by atoms with van der Waals surface area (Å²) in [5, 5.41) is 0. The quantitative estimate of drug-likeness (QED) is 0.854. The number of benzene rings is 1. The molecule has 4 atom stereocenters. The van der Waals surface area contributed by atoms with Crippen molar-refractivity contribution in [3.63, 3.8) is 0 Å². The van der Waals surface area contributed by atoms with E-state index in [2.05, 4.69) is 23.6 Å². The summed E-state index contributed by atoms with van der Waals surface area (Å²) in [5.41, 5.74) is 0.625. The monoisotopic (exact) mass is 316 g/mol. The second kappa shape index (κ2) is 5.59. The maximum absolute atomic E-state index is 13.1. The first-order valence-electron chi connectivity index (χ1n) is 8.90. The molecule has 1 amide bonds. The Morgan fingerprint density at radius 1 is 1.04 bits per heavy atom. The average Bonchev–Trinajstić information content (AvgIpc) is 3.00. The van der Waals surface area contributed by atoms with Gasteiger partial charge in [0.05, 0.1) is 0 Å². The lowest BCUT2D eigenvalue weighted by Gasteiger charge is -2.47. The fourth-order valence-corrected chi connectivity index (χ4v) is 5.10. The molecule has 4 bridgehead atoms. The van der Waals surface area contributed by atoms with E-state index in [0.717, 1.165) is 19.4 Å². The van der Waals surface area contributed by atoms with E-state index in [9.17, 15) is 9.18 Å². The van der Waals surface area contributed by atoms with Gasteiger partial charge in [0.25, 0.3) is 5.91 Å². The number of carbonyl (C=O) groups excluding carboxylic acids is 1. The fourth-order valence-electron chi connectivity index (χ4n) is 5.10. The third kappa shape index (κ3) is 2.38. The molecule has 4 heteroatoms. The lowest BCUT2D eigenvalue weighted by Crippen LogP contribution is -2.62. The Bertz CT molecular complexity index is 580. The van der Waals surface area contributed by atoms with Gasteiger partial charge in [0.2, 0.25) is 0 Å². The van der Waals surface area contributed by atoms with Crippen molar-refractivity contribution in [1.82, 2.24) is 9.80 Å². The second-order valence-corrected chi connectivity index (χ2v) is 7.73. The Hall–Kier alpha value is -1.42. The lowest BCUT2D eigenvalue weighted by molar-refractivity contribution is 0.00584. The van der Waals surface area contributed by atoms with E-state index in [1.54, 1.807) is 12.1 Å². The number of amides is 1. The van der Waals surface area contributed by atoms with Gasteiger partial charge >= 0.3 is 0 Å². The second-order valence-electron chi connectivity index (χ2n) is 7.73. The van der Waals surface area contributed by atoms with Crippen LogP contribution >= 0.6 is 0 Å². The molecule has 0 N–H and O–H groups in total. The molecule has 1 aromatic carbocycles. The molecular weight excluding hydrogens is 291 g/mol. The van der Waals surface area contributed by atoms with Gasteiger partial charge in [0.1, 0.15) is 5.82 Å². The summed E-state index contributed by atoms with van der Waals surface area (Å²) in [4.78, 5) is 17.8. The Morgan fingerprint density at radius 2 is 1.57 bits per heavy atom. The predicted octanol–water partition coefficient (Wildman–Crippen LogP) is 3.30. The minimum Gasteiger partial charge on any atom is -0.330 e. The first-order chi connectivity index (χ1) is 11.1. The maximum atomic E-state index is 13.1. The lowest BCUT2D eigenvalue weighted by atomic mass is 10.0. The van der Waals surface area contributed by atoms with E-state index >= 15 is 0 Å². The predicted molar refractivity (Wildman–Crippen MR) is 87.7 cm³/mol. The standard InChI is InChI=1S/C19H25FN2O/c1-12(2)11-21-15-7-8-16(21)18-10-9-17(15)22(18)19(23)13-3-5-14(20)6-4-13/h3-6,12,15-18H,7-11H2,1-2H3. The molecule has 4 rings (SSSR count). The molecule has 3 aliphatic heterocycles. The molecule has 23 heavy (non-hydrogen) atoms. The molecule has 3 saturated heterocycles. The van der Waals surface area contributed by atoms with Gasteiger partial charge in [-0.1, -0.05) is 13.8 Å². The number of hydrogen-bond donors (Lipinski definition) is 0. The van der Waals surface area contributed by atoms with Gasteiger partial charge in [-0.2, -0.15) is 0 Å². The number of halogens is 1. The third-order valence-corrected chi connectivity index (χ3v) is 5.87. The van der Waals surface area contributed by atoms with Crippen molar-refractivity contribution in [1.29, 1.82) is 0 Å². The van der Waals surface area contributed by atoms with Crippen molar-refractivity contribution >= 4 is 5.91 Å². The van der Waals surface area contributed by atoms with Gasteiger partial charge in [-0.05, 0) is 55.9 Å². The van der Waals surface area contributed by atoms with Crippen LogP contribution in [0.15, 0.2) is 24.3 Å². The molecule has 0 aliphatic carbocycles. The van der Waals surface area contributed by atoms with E-state index in [-0.39, 0.29) is 11.7 Å². The van der Waals surface area contributed by atoms with E-state index < -0.39 is 0 Å².